The van der Waals surface area contributed by atoms with Gasteiger partial charge in [-0.3, -0.25) is 4.90 Å². The van der Waals surface area contributed by atoms with Crippen molar-refractivity contribution in [2.45, 2.75) is 31.9 Å². The Hall–Kier alpha value is -1.43. The zero-order valence-corrected chi connectivity index (χ0v) is 13.8. The second-order valence-electron chi connectivity index (χ2n) is 7.43. The molecule has 2 atom stereocenters. The molecule has 0 bridgehead atoms. The molecule has 124 valence electrons. The number of piperidine rings is 2. The second kappa shape index (κ2) is 5.89. The molecule has 23 heavy (non-hydrogen) atoms. The van der Waals surface area contributed by atoms with Crippen LogP contribution in [0.25, 0.3) is 11.0 Å². The highest BCUT2D eigenvalue weighted by Gasteiger charge is 2.44. The Morgan fingerprint density at radius 1 is 1.39 bits per heavy atom. The molecule has 2 N–H and O–H groups in total. The van der Waals surface area contributed by atoms with Gasteiger partial charge in [0.25, 0.3) is 0 Å². The number of aromatic amines is 1. The van der Waals surface area contributed by atoms with Crippen LogP contribution in [0.2, 0.25) is 0 Å². The van der Waals surface area contributed by atoms with E-state index in [1.165, 1.54) is 17.4 Å². The van der Waals surface area contributed by atoms with Gasteiger partial charge in [0.15, 0.2) is 0 Å². The third-order valence-electron chi connectivity index (χ3n) is 5.69. The third-order valence-corrected chi connectivity index (χ3v) is 5.69. The molecular formula is C18H26N4O. The zero-order valence-electron chi connectivity index (χ0n) is 13.8. The number of rotatable bonds is 2. The number of aliphatic hydroxyl groups excluding tert-OH is 1. The van der Waals surface area contributed by atoms with Crippen LogP contribution < -0.4 is 0 Å². The molecule has 2 fully saturated rings. The number of likely N-dealkylation sites (tertiary alicyclic amines) is 2. The lowest BCUT2D eigenvalue weighted by molar-refractivity contribution is -0.0807. The van der Waals surface area contributed by atoms with E-state index < -0.39 is 0 Å². The SMILES string of the molecule is CN1CC[C@H](O)[C@@]2(CCCN(Cc3c[nH]c4ncccc34)C2)C1. The standard InChI is InChI=1S/C18H26N4O/c1-21-9-5-16(23)18(12-21)6-3-8-22(13-18)11-14-10-20-17-15(14)4-2-7-19-17/h2,4,7,10,16,23H,3,5-6,8-9,11-13H2,1H3,(H,19,20)/t16-,18-/m0/s1. The first-order valence-corrected chi connectivity index (χ1v) is 8.66. The Morgan fingerprint density at radius 3 is 3.22 bits per heavy atom. The van der Waals surface area contributed by atoms with Crippen molar-refractivity contribution in [1.82, 2.24) is 19.8 Å². The van der Waals surface area contributed by atoms with Gasteiger partial charge in [0.2, 0.25) is 0 Å². The largest absolute Gasteiger partial charge is 0.392 e. The van der Waals surface area contributed by atoms with Gasteiger partial charge in [-0.15, -0.1) is 0 Å². The van der Waals surface area contributed by atoms with Gasteiger partial charge in [0, 0.05) is 49.4 Å². The first kappa shape index (κ1) is 15.1. The lowest BCUT2D eigenvalue weighted by atomic mass is 9.71. The molecule has 4 heterocycles. The van der Waals surface area contributed by atoms with Crippen molar-refractivity contribution in [3.05, 3.63) is 30.1 Å². The van der Waals surface area contributed by atoms with Gasteiger partial charge < -0.3 is 15.0 Å². The number of hydrogen-bond donors (Lipinski definition) is 2. The van der Waals surface area contributed by atoms with Crippen molar-refractivity contribution >= 4 is 11.0 Å². The fourth-order valence-electron chi connectivity index (χ4n) is 4.55. The minimum Gasteiger partial charge on any atom is -0.392 e. The number of aromatic nitrogens is 2. The molecule has 1 spiro atoms. The first-order chi connectivity index (χ1) is 11.2. The van der Waals surface area contributed by atoms with E-state index in [1.54, 1.807) is 0 Å². The van der Waals surface area contributed by atoms with Crippen LogP contribution in [0.4, 0.5) is 0 Å². The summed E-state index contributed by atoms with van der Waals surface area (Å²) in [5, 5.41) is 11.9. The Labute approximate surface area is 137 Å². The predicted octanol–water partition coefficient (Wildman–Crippen LogP) is 1.84. The lowest BCUT2D eigenvalue weighted by Gasteiger charge is -2.50. The Kier molecular flexibility index (Phi) is 3.87. The maximum Gasteiger partial charge on any atom is 0.137 e. The molecule has 4 rings (SSSR count). The Bertz CT molecular complexity index is 684. The van der Waals surface area contributed by atoms with E-state index in [1.807, 2.05) is 12.3 Å². The number of aliphatic hydroxyl groups is 1. The molecule has 0 aromatic carbocycles. The summed E-state index contributed by atoms with van der Waals surface area (Å²) in [6.07, 6.45) is 6.97. The van der Waals surface area contributed by atoms with Crippen LogP contribution in [0.5, 0.6) is 0 Å². The first-order valence-electron chi connectivity index (χ1n) is 8.66. The molecule has 0 aliphatic carbocycles. The zero-order chi connectivity index (χ0) is 15.9. The summed E-state index contributed by atoms with van der Waals surface area (Å²) < 4.78 is 0. The Balaban J connectivity index is 1.53. The van der Waals surface area contributed by atoms with Crippen LogP contribution in [0.15, 0.2) is 24.5 Å². The smallest absolute Gasteiger partial charge is 0.137 e. The number of fused-ring (bicyclic) bond motifs is 1. The van der Waals surface area contributed by atoms with Crippen molar-refractivity contribution in [3.8, 4) is 0 Å². The van der Waals surface area contributed by atoms with E-state index in [4.69, 9.17) is 0 Å². The normalized spacial score (nSPS) is 30.3. The lowest BCUT2D eigenvalue weighted by Crippen LogP contribution is -2.58. The Morgan fingerprint density at radius 2 is 2.30 bits per heavy atom. The second-order valence-corrected chi connectivity index (χ2v) is 7.43. The summed E-state index contributed by atoms with van der Waals surface area (Å²) >= 11 is 0. The van der Waals surface area contributed by atoms with E-state index >= 15 is 0 Å². The van der Waals surface area contributed by atoms with Gasteiger partial charge in [0.1, 0.15) is 5.65 Å². The molecule has 5 nitrogen and oxygen atoms in total. The van der Waals surface area contributed by atoms with E-state index in [2.05, 4.69) is 39.1 Å². The van der Waals surface area contributed by atoms with E-state index in [-0.39, 0.29) is 11.5 Å². The van der Waals surface area contributed by atoms with Gasteiger partial charge in [-0.1, -0.05) is 0 Å². The summed E-state index contributed by atoms with van der Waals surface area (Å²) in [6.45, 7) is 5.07. The third kappa shape index (κ3) is 2.77. The van der Waals surface area contributed by atoms with Crippen molar-refractivity contribution < 1.29 is 5.11 Å². The summed E-state index contributed by atoms with van der Waals surface area (Å²) in [4.78, 5) is 12.5. The molecule has 0 amide bonds. The quantitative estimate of drug-likeness (QED) is 0.888. The minimum atomic E-state index is -0.161. The molecule has 2 aliphatic rings. The molecule has 2 aromatic rings. The van der Waals surface area contributed by atoms with E-state index in [9.17, 15) is 5.11 Å². The van der Waals surface area contributed by atoms with Crippen molar-refractivity contribution in [2.75, 3.05) is 33.2 Å². The highest BCUT2D eigenvalue weighted by atomic mass is 16.3. The molecule has 0 saturated carbocycles. The van der Waals surface area contributed by atoms with Crippen LogP contribution >= 0.6 is 0 Å². The number of H-pyrrole nitrogens is 1. The highest BCUT2D eigenvalue weighted by molar-refractivity contribution is 5.79. The van der Waals surface area contributed by atoms with Gasteiger partial charge in [0.05, 0.1) is 6.10 Å². The number of hydrogen-bond acceptors (Lipinski definition) is 4. The maximum absolute atomic E-state index is 10.6. The van der Waals surface area contributed by atoms with Crippen molar-refractivity contribution in [2.24, 2.45) is 5.41 Å². The number of nitrogens with one attached hydrogen (secondary N) is 1. The molecule has 0 radical (unpaired) electrons. The van der Waals surface area contributed by atoms with Crippen LogP contribution in [0.3, 0.4) is 0 Å². The maximum atomic E-state index is 10.6. The minimum absolute atomic E-state index is 0.0512. The molecule has 2 saturated heterocycles. The number of pyridine rings is 1. The van der Waals surface area contributed by atoms with Crippen LogP contribution in [0.1, 0.15) is 24.8 Å². The average Bonchev–Trinajstić information content (AvgIpc) is 2.95. The van der Waals surface area contributed by atoms with Gasteiger partial charge in [-0.25, -0.2) is 4.98 Å². The summed E-state index contributed by atoms with van der Waals surface area (Å²) in [7, 11) is 2.18. The monoisotopic (exact) mass is 314 g/mol. The van der Waals surface area contributed by atoms with Crippen LogP contribution in [-0.2, 0) is 6.54 Å². The fourth-order valence-corrected chi connectivity index (χ4v) is 4.55. The highest BCUT2D eigenvalue weighted by Crippen LogP contribution is 2.39. The van der Waals surface area contributed by atoms with Gasteiger partial charge >= 0.3 is 0 Å². The molecular weight excluding hydrogens is 288 g/mol. The molecule has 5 heteroatoms. The summed E-state index contributed by atoms with van der Waals surface area (Å²) in [5.41, 5.74) is 2.32. The van der Waals surface area contributed by atoms with Crippen LogP contribution in [0, 0.1) is 5.41 Å². The molecule has 2 aromatic heterocycles. The van der Waals surface area contributed by atoms with E-state index in [0.717, 1.165) is 51.2 Å². The van der Waals surface area contributed by atoms with Crippen LogP contribution in [-0.4, -0.2) is 64.2 Å². The summed E-state index contributed by atoms with van der Waals surface area (Å²) in [6, 6.07) is 4.13. The van der Waals surface area contributed by atoms with E-state index in [0.29, 0.717) is 0 Å². The van der Waals surface area contributed by atoms with Gasteiger partial charge in [-0.05, 0) is 50.6 Å². The van der Waals surface area contributed by atoms with Crippen molar-refractivity contribution in [3.63, 3.8) is 0 Å². The molecule has 2 aliphatic heterocycles. The average molecular weight is 314 g/mol. The van der Waals surface area contributed by atoms with Gasteiger partial charge in [-0.2, -0.15) is 0 Å². The number of nitrogens with zero attached hydrogens (tertiary/aromatic N) is 3. The topological polar surface area (TPSA) is 55.4 Å². The molecule has 0 unspecified atom stereocenters. The fraction of sp³-hybridized carbons (Fsp3) is 0.611. The van der Waals surface area contributed by atoms with Crippen molar-refractivity contribution in [1.29, 1.82) is 0 Å². The predicted molar refractivity (Wildman–Crippen MR) is 91.2 cm³/mol. The summed E-state index contributed by atoms with van der Waals surface area (Å²) in [5.74, 6) is 0.